The van der Waals surface area contributed by atoms with Crippen LogP contribution in [0.2, 0.25) is 0 Å². The van der Waals surface area contributed by atoms with Gasteiger partial charge in [0, 0.05) is 17.8 Å². The van der Waals surface area contributed by atoms with E-state index in [0.717, 1.165) is 0 Å². The number of hydrogen-bond donors (Lipinski definition) is 3. The maximum atomic E-state index is 11.0. The molecule has 0 fully saturated rings. The second kappa shape index (κ2) is 4.45. The minimum Gasteiger partial charge on any atom is -0.478 e. The second-order valence-electron chi connectivity index (χ2n) is 3.01. The summed E-state index contributed by atoms with van der Waals surface area (Å²) in [5.41, 5.74) is 6.18. The number of amides is 1. The lowest BCUT2D eigenvalue weighted by molar-refractivity contribution is -0.115. The van der Waals surface area contributed by atoms with Gasteiger partial charge in [-0.15, -0.1) is 0 Å². The Balaban J connectivity index is 2.91. The lowest BCUT2D eigenvalue weighted by Crippen LogP contribution is -2.10. The number of nitrogens with one attached hydrogen (secondary N) is 1. The number of nitrogens with two attached hydrogens (primary N) is 1. The number of nitrogen functional groups attached to an aromatic ring is 1. The Bertz CT molecular complexity index is 402. The van der Waals surface area contributed by atoms with Gasteiger partial charge < -0.3 is 16.2 Å². The molecule has 0 bridgehead atoms. The van der Waals surface area contributed by atoms with Gasteiger partial charge in [-0.25, -0.2) is 4.79 Å². The van der Waals surface area contributed by atoms with E-state index in [2.05, 4.69) is 5.32 Å². The summed E-state index contributed by atoms with van der Waals surface area (Å²) < 4.78 is 0. The Kier molecular flexibility index (Phi) is 3.28. The summed E-state index contributed by atoms with van der Waals surface area (Å²) in [7, 11) is 0. The number of anilines is 2. The molecule has 0 aliphatic heterocycles. The highest BCUT2D eigenvalue weighted by Crippen LogP contribution is 2.18. The number of carboxylic acid groups (broad SMARTS) is 1. The number of benzene rings is 1. The van der Waals surface area contributed by atoms with Crippen LogP contribution >= 0.6 is 0 Å². The Morgan fingerprint density at radius 3 is 2.60 bits per heavy atom. The smallest absolute Gasteiger partial charge is 0.337 e. The van der Waals surface area contributed by atoms with Crippen LogP contribution in [0.4, 0.5) is 11.4 Å². The number of rotatable bonds is 3. The van der Waals surface area contributed by atoms with Gasteiger partial charge in [0.1, 0.15) is 0 Å². The highest BCUT2D eigenvalue weighted by Gasteiger charge is 2.08. The molecule has 0 atom stereocenters. The quantitative estimate of drug-likeness (QED) is 0.653. The van der Waals surface area contributed by atoms with Crippen LogP contribution < -0.4 is 11.1 Å². The fraction of sp³-hybridized carbons (Fsp3) is 0.200. The molecule has 1 rings (SSSR count). The van der Waals surface area contributed by atoms with E-state index >= 15 is 0 Å². The Morgan fingerprint density at radius 1 is 1.47 bits per heavy atom. The number of aromatic carboxylic acids is 1. The van der Waals surface area contributed by atoms with Crippen LogP contribution in [0.15, 0.2) is 18.2 Å². The van der Waals surface area contributed by atoms with Crippen molar-refractivity contribution in [2.24, 2.45) is 0 Å². The highest BCUT2D eigenvalue weighted by molar-refractivity contribution is 5.96. The Morgan fingerprint density at radius 2 is 2.13 bits per heavy atom. The van der Waals surface area contributed by atoms with Crippen molar-refractivity contribution in [1.29, 1.82) is 0 Å². The van der Waals surface area contributed by atoms with Gasteiger partial charge in [-0.2, -0.15) is 0 Å². The molecule has 1 aromatic carbocycles. The van der Waals surface area contributed by atoms with Crippen molar-refractivity contribution < 1.29 is 14.7 Å². The van der Waals surface area contributed by atoms with Gasteiger partial charge >= 0.3 is 5.97 Å². The first-order valence-corrected chi connectivity index (χ1v) is 4.47. The van der Waals surface area contributed by atoms with Crippen LogP contribution in [-0.2, 0) is 4.79 Å². The molecule has 0 aliphatic rings. The molecule has 4 N–H and O–H groups in total. The largest absolute Gasteiger partial charge is 0.478 e. The molecular weight excluding hydrogens is 196 g/mol. The van der Waals surface area contributed by atoms with E-state index in [-0.39, 0.29) is 17.2 Å². The summed E-state index contributed by atoms with van der Waals surface area (Å²) in [6.07, 6.45) is 0.362. The predicted octanol–water partition coefficient (Wildman–Crippen LogP) is 1.32. The van der Waals surface area contributed by atoms with Gasteiger partial charge in [0.15, 0.2) is 0 Å². The van der Waals surface area contributed by atoms with Crippen LogP contribution in [0.5, 0.6) is 0 Å². The first-order valence-electron chi connectivity index (χ1n) is 4.47. The topological polar surface area (TPSA) is 92.4 Å². The first-order chi connectivity index (χ1) is 7.04. The lowest BCUT2D eigenvalue weighted by atomic mass is 10.1. The maximum absolute atomic E-state index is 11.0. The van der Waals surface area contributed by atoms with Gasteiger partial charge in [0.05, 0.1) is 5.56 Å². The van der Waals surface area contributed by atoms with Gasteiger partial charge in [-0.3, -0.25) is 4.79 Å². The van der Waals surface area contributed by atoms with Crippen LogP contribution in [-0.4, -0.2) is 17.0 Å². The van der Waals surface area contributed by atoms with Crippen LogP contribution in [0, 0.1) is 0 Å². The third-order valence-corrected chi connectivity index (χ3v) is 1.89. The van der Waals surface area contributed by atoms with Crippen molar-refractivity contribution in [3.63, 3.8) is 0 Å². The highest BCUT2D eigenvalue weighted by atomic mass is 16.4. The first kappa shape index (κ1) is 11.0. The molecule has 5 heteroatoms. The van der Waals surface area contributed by atoms with Crippen molar-refractivity contribution in [3.05, 3.63) is 23.8 Å². The van der Waals surface area contributed by atoms with Crippen LogP contribution in [0.1, 0.15) is 23.7 Å². The number of carbonyl (C=O) groups excluding carboxylic acids is 1. The monoisotopic (exact) mass is 208 g/mol. The molecule has 0 radical (unpaired) electrons. The summed E-state index contributed by atoms with van der Waals surface area (Å²) in [5.74, 6) is -1.22. The molecule has 0 aromatic heterocycles. The fourth-order valence-electron chi connectivity index (χ4n) is 1.08. The molecule has 0 aliphatic carbocycles. The molecule has 0 heterocycles. The predicted molar refractivity (Wildman–Crippen MR) is 56.7 cm³/mol. The van der Waals surface area contributed by atoms with Crippen molar-refractivity contribution >= 4 is 23.3 Å². The standard InChI is InChI=1S/C10H12N2O3/c1-2-9(13)12-6-3-4-7(10(14)15)8(11)5-6/h3-5H,2,11H2,1H3,(H,12,13)(H,14,15). The average Bonchev–Trinajstić information content (AvgIpc) is 2.17. The van der Waals surface area contributed by atoms with E-state index in [0.29, 0.717) is 12.1 Å². The van der Waals surface area contributed by atoms with Gasteiger partial charge in [-0.05, 0) is 18.2 Å². The number of carboxylic acids is 1. The number of carbonyl (C=O) groups is 2. The molecule has 0 saturated heterocycles. The van der Waals surface area contributed by atoms with Crippen molar-refractivity contribution in [2.75, 3.05) is 11.1 Å². The Labute approximate surface area is 86.9 Å². The van der Waals surface area contributed by atoms with E-state index in [1.807, 2.05) is 0 Å². The third kappa shape index (κ3) is 2.70. The molecule has 5 nitrogen and oxygen atoms in total. The molecule has 1 amide bonds. The third-order valence-electron chi connectivity index (χ3n) is 1.89. The zero-order valence-corrected chi connectivity index (χ0v) is 8.28. The Hall–Kier alpha value is -2.04. The van der Waals surface area contributed by atoms with Crippen LogP contribution in [0.25, 0.3) is 0 Å². The minimum atomic E-state index is -1.08. The molecule has 0 spiro atoms. The summed E-state index contributed by atoms with van der Waals surface area (Å²) in [5, 5.41) is 11.3. The average molecular weight is 208 g/mol. The molecule has 15 heavy (non-hydrogen) atoms. The molecule has 80 valence electrons. The molecular formula is C10H12N2O3. The SMILES string of the molecule is CCC(=O)Nc1ccc(C(=O)O)c(N)c1. The minimum absolute atomic E-state index is 0.0319. The van der Waals surface area contributed by atoms with Crippen LogP contribution in [0.3, 0.4) is 0 Å². The van der Waals surface area contributed by atoms with E-state index in [4.69, 9.17) is 10.8 Å². The van der Waals surface area contributed by atoms with Gasteiger partial charge in [0.2, 0.25) is 5.91 Å². The summed E-state index contributed by atoms with van der Waals surface area (Å²) >= 11 is 0. The van der Waals surface area contributed by atoms with Gasteiger partial charge in [0.25, 0.3) is 0 Å². The summed E-state index contributed by atoms with van der Waals surface area (Å²) in [4.78, 5) is 21.7. The van der Waals surface area contributed by atoms with Crippen molar-refractivity contribution in [3.8, 4) is 0 Å². The zero-order valence-electron chi connectivity index (χ0n) is 8.28. The zero-order chi connectivity index (χ0) is 11.4. The normalized spacial score (nSPS) is 9.67. The second-order valence-corrected chi connectivity index (χ2v) is 3.01. The fourth-order valence-corrected chi connectivity index (χ4v) is 1.08. The van der Waals surface area contributed by atoms with Crippen molar-refractivity contribution in [1.82, 2.24) is 0 Å². The molecule has 0 unspecified atom stereocenters. The van der Waals surface area contributed by atoms with E-state index < -0.39 is 5.97 Å². The summed E-state index contributed by atoms with van der Waals surface area (Å²) in [6, 6.07) is 4.30. The van der Waals surface area contributed by atoms with E-state index in [1.165, 1.54) is 18.2 Å². The molecule has 1 aromatic rings. The van der Waals surface area contributed by atoms with E-state index in [9.17, 15) is 9.59 Å². The molecule has 0 saturated carbocycles. The maximum Gasteiger partial charge on any atom is 0.337 e. The van der Waals surface area contributed by atoms with Crippen molar-refractivity contribution in [2.45, 2.75) is 13.3 Å². The summed E-state index contributed by atoms with van der Waals surface area (Å²) in [6.45, 7) is 1.73. The number of hydrogen-bond acceptors (Lipinski definition) is 3. The van der Waals surface area contributed by atoms with Gasteiger partial charge in [-0.1, -0.05) is 6.92 Å². The van der Waals surface area contributed by atoms with E-state index in [1.54, 1.807) is 6.92 Å². The lowest BCUT2D eigenvalue weighted by Gasteiger charge is -2.06.